The van der Waals surface area contributed by atoms with E-state index in [9.17, 15) is 4.79 Å². The van der Waals surface area contributed by atoms with Crippen molar-refractivity contribution in [3.63, 3.8) is 0 Å². The first-order valence-electron chi connectivity index (χ1n) is 3.35. The van der Waals surface area contributed by atoms with E-state index in [0.717, 1.165) is 4.57 Å². The van der Waals surface area contributed by atoms with Crippen LogP contribution in [0, 0.1) is 0 Å². The van der Waals surface area contributed by atoms with Crippen LogP contribution in [0.4, 0.5) is 0 Å². The minimum atomic E-state index is -0.426. The molecule has 66 valence electrons. The molecule has 0 atom stereocenters. The molecule has 1 aromatic rings. The molecule has 0 aliphatic carbocycles. The van der Waals surface area contributed by atoms with Gasteiger partial charge in [0, 0.05) is 24.4 Å². The smallest absolute Gasteiger partial charge is 0.237 e. The summed E-state index contributed by atoms with van der Waals surface area (Å²) in [5, 5.41) is 18.1. The third kappa shape index (κ3) is 1.53. The minimum Gasteiger partial charge on any atom is -0.494 e. The molecular formula is C7H8ClNO3. The van der Waals surface area contributed by atoms with Gasteiger partial charge in [-0.3, -0.25) is 4.79 Å². The van der Waals surface area contributed by atoms with Gasteiger partial charge in [0.2, 0.25) is 17.7 Å². The summed E-state index contributed by atoms with van der Waals surface area (Å²) in [6, 6.07) is 2.48. The van der Waals surface area contributed by atoms with Crippen molar-refractivity contribution in [3.05, 3.63) is 12.1 Å². The van der Waals surface area contributed by atoms with Crippen molar-refractivity contribution in [1.29, 1.82) is 0 Å². The van der Waals surface area contributed by atoms with Crippen LogP contribution in [0.3, 0.4) is 0 Å². The van der Waals surface area contributed by atoms with Gasteiger partial charge in [0.15, 0.2) is 0 Å². The van der Waals surface area contributed by atoms with Crippen molar-refractivity contribution < 1.29 is 15.0 Å². The summed E-state index contributed by atoms with van der Waals surface area (Å²) in [6.45, 7) is 0. The lowest BCUT2D eigenvalue weighted by Crippen LogP contribution is -2.09. The van der Waals surface area contributed by atoms with Crippen LogP contribution in [0.15, 0.2) is 12.1 Å². The SMILES string of the molecule is O=C(CCCl)n1c(O)ccc1O. The van der Waals surface area contributed by atoms with E-state index in [1.54, 1.807) is 0 Å². The van der Waals surface area contributed by atoms with E-state index < -0.39 is 5.91 Å². The van der Waals surface area contributed by atoms with Crippen molar-refractivity contribution in [2.75, 3.05) is 5.88 Å². The van der Waals surface area contributed by atoms with Crippen LogP contribution in [0.1, 0.15) is 11.2 Å². The van der Waals surface area contributed by atoms with Gasteiger partial charge in [-0.15, -0.1) is 11.6 Å². The molecule has 2 N–H and O–H groups in total. The normalized spacial score (nSPS) is 10.1. The molecule has 0 bridgehead atoms. The third-order valence-electron chi connectivity index (χ3n) is 1.40. The Morgan fingerprint density at radius 1 is 1.42 bits per heavy atom. The molecule has 12 heavy (non-hydrogen) atoms. The van der Waals surface area contributed by atoms with Crippen LogP contribution in [-0.2, 0) is 0 Å². The molecule has 1 heterocycles. The molecule has 0 saturated carbocycles. The summed E-state index contributed by atoms with van der Waals surface area (Å²) < 4.78 is 0.808. The molecule has 4 nitrogen and oxygen atoms in total. The number of hydrogen-bond donors (Lipinski definition) is 2. The van der Waals surface area contributed by atoms with Gasteiger partial charge in [0.25, 0.3) is 0 Å². The summed E-state index contributed by atoms with van der Waals surface area (Å²) in [5.41, 5.74) is 0. The zero-order valence-electron chi connectivity index (χ0n) is 6.20. The Kier molecular flexibility index (Phi) is 2.60. The fourth-order valence-electron chi connectivity index (χ4n) is 0.864. The number of alkyl halides is 1. The van der Waals surface area contributed by atoms with Gasteiger partial charge in [-0.25, -0.2) is 4.57 Å². The lowest BCUT2D eigenvalue weighted by Gasteiger charge is -2.02. The molecular weight excluding hydrogens is 182 g/mol. The molecule has 1 aromatic heterocycles. The molecule has 0 aliphatic heterocycles. The number of carbonyl (C=O) groups excluding carboxylic acids is 1. The lowest BCUT2D eigenvalue weighted by atomic mass is 10.4. The third-order valence-corrected chi connectivity index (χ3v) is 1.59. The Bertz CT molecular complexity index is 275. The maximum Gasteiger partial charge on any atom is 0.237 e. The zero-order valence-corrected chi connectivity index (χ0v) is 6.95. The second-order valence-electron chi connectivity index (χ2n) is 2.22. The van der Waals surface area contributed by atoms with Crippen molar-refractivity contribution in [3.8, 4) is 11.8 Å². The van der Waals surface area contributed by atoms with Crippen LogP contribution >= 0.6 is 11.6 Å². The van der Waals surface area contributed by atoms with Gasteiger partial charge in [-0.05, 0) is 0 Å². The number of rotatable bonds is 2. The molecule has 0 saturated heterocycles. The highest BCUT2D eigenvalue weighted by molar-refractivity contribution is 6.19. The quantitative estimate of drug-likeness (QED) is 0.687. The first kappa shape index (κ1) is 8.93. The summed E-state index contributed by atoms with van der Waals surface area (Å²) in [4.78, 5) is 11.1. The van der Waals surface area contributed by atoms with Crippen molar-refractivity contribution >= 4 is 17.5 Å². The number of halogens is 1. The maximum atomic E-state index is 11.1. The van der Waals surface area contributed by atoms with Crippen molar-refractivity contribution in [2.24, 2.45) is 0 Å². The van der Waals surface area contributed by atoms with E-state index in [1.807, 2.05) is 0 Å². The van der Waals surface area contributed by atoms with E-state index in [-0.39, 0.29) is 24.1 Å². The van der Waals surface area contributed by atoms with Gasteiger partial charge in [-0.1, -0.05) is 0 Å². The highest BCUT2D eigenvalue weighted by atomic mass is 35.5. The Labute approximate surface area is 74.0 Å². The van der Waals surface area contributed by atoms with Gasteiger partial charge in [0.1, 0.15) is 0 Å². The van der Waals surface area contributed by atoms with Gasteiger partial charge in [-0.2, -0.15) is 0 Å². The zero-order chi connectivity index (χ0) is 9.14. The molecule has 0 radical (unpaired) electrons. The fraction of sp³-hybridized carbons (Fsp3) is 0.286. The number of nitrogens with zero attached hydrogens (tertiary/aromatic N) is 1. The average Bonchev–Trinajstić information content (AvgIpc) is 2.32. The van der Waals surface area contributed by atoms with Crippen molar-refractivity contribution in [2.45, 2.75) is 6.42 Å². The number of carbonyl (C=O) groups is 1. The highest BCUT2D eigenvalue weighted by Crippen LogP contribution is 2.20. The summed E-state index contributed by atoms with van der Waals surface area (Å²) in [6.07, 6.45) is 0.0807. The van der Waals surface area contributed by atoms with Crippen LogP contribution in [0.25, 0.3) is 0 Å². The largest absolute Gasteiger partial charge is 0.494 e. The first-order chi connectivity index (χ1) is 5.66. The molecule has 0 unspecified atom stereocenters. The maximum absolute atomic E-state index is 11.1. The molecule has 1 rings (SSSR count). The van der Waals surface area contributed by atoms with Crippen LogP contribution in [-0.4, -0.2) is 26.6 Å². The van der Waals surface area contributed by atoms with Crippen LogP contribution in [0.2, 0.25) is 0 Å². The molecule has 0 aromatic carbocycles. The van der Waals surface area contributed by atoms with Gasteiger partial charge in [0.05, 0.1) is 0 Å². The second kappa shape index (κ2) is 3.49. The average molecular weight is 190 g/mol. The topological polar surface area (TPSA) is 62.5 Å². The van der Waals surface area contributed by atoms with Crippen LogP contribution in [0.5, 0.6) is 11.8 Å². The molecule has 5 heteroatoms. The van der Waals surface area contributed by atoms with Crippen molar-refractivity contribution in [1.82, 2.24) is 4.57 Å². The highest BCUT2D eigenvalue weighted by Gasteiger charge is 2.12. The van der Waals surface area contributed by atoms with E-state index in [1.165, 1.54) is 12.1 Å². The van der Waals surface area contributed by atoms with E-state index in [0.29, 0.717) is 0 Å². The lowest BCUT2D eigenvalue weighted by molar-refractivity contribution is 0.0891. The Hall–Kier alpha value is -1.16. The molecule has 0 aliphatic rings. The predicted octanol–water partition coefficient (Wildman–Crippen LogP) is 1.17. The van der Waals surface area contributed by atoms with Gasteiger partial charge < -0.3 is 10.2 Å². The van der Waals surface area contributed by atoms with E-state index in [2.05, 4.69) is 0 Å². The summed E-state index contributed by atoms with van der Waals surface area (Å²) in [5.74, 6) is -0.814. The van der Waals surface area contributed by atoms with E-state index >= 15 is 0 Å². The number of aromatic hydroxyl groups is 2. The Morgan fingerprint density at radius 3 is 2.33 bits per heavy atom. The first-order valence-corrected chi connectivity index (χ1v) is 3.89. The molecule has 0 spiro atoms. The molecule has 0 fully saturated rings. The number of aromatic nitrogens is 1. The fourth-order valence-corrected chi connectivity index (χ4v) is 1.03. The monoisotopic (exact) mass is 189 g/mol. The second-order valence-corrected chi connectivity index (χ2v) is 2.60. The Balaban J connectivity index is 2.93. The number of hydrogen-bond acceptors (Lipinski definition) is 3. The Morgan fingerprint density at radius 2 is 1.92 bits per heavy atom. The standard InChI is InChI=1S/C7H8ClNO3/c8-4-3-7(12)9-5(10)1-2-6(9)11/h1-2,10-11H,3-4H2. The summed E-state index contributed by atoms with van der Waals surface area (Å²) >= 11 is 5.32. The van der Waals surface area contributed by atoms with Gasteiger partial charge >= 0.3 is 0 Å². The summed E-state index contributed by atoms with van der Waals surface area (Å²) in [7, 11) is 0. The molecule has 0 amide bonds. The van der Waals surface area contributed by atoms with E-state index in [4.69, 9.17) is 21.8 Å². The van der Waals surface area contributed by atoms with Crippen LogP contribution < -0.4 is 0 Å². The minimum absolute atomic E-state index is 0.0807. The predicted molar refractivity (Wildman–Crippen MR) is 43.7 cm³/mol.